The van der Waals surface area contributed by atoms with Gasteiger partial charge in [0.05, 0.1) is 13.2 Å². The first kappa shape index (κ1) is 18.1. The summed E-state index contributed by atoms with van der Waals surface area (Å²) in [5.41, 5.74) is 2.41. The normalized spacial score (nSPS) is 10.2. The van der Waals surface area contributed by atoms with Crippen LogP contribution in [-0.4, -0.2) is 31.2 Å². The van der Waals surface area contributed by atoms with Gasteiger partial charge < -0.3 is 10.1 Å². The molecule has 0 fully saturated rings. The van der Waals surface area contributed by atoms with Gasteiger partial charge in [0.2, 0.25) is 5.96 Å². The zero-order chi connectivity index (χ0) is 16.4. The first-order chi connectivity index (χ1) is 10.5. The topological polar surface area (TPSA) is 102 Å². The first-order valence-electron chi connectivity index (χ1n) is 6.94. The Morgan fingerprint density at radius 1 is 1.14 bits per heavy atom. The van der Waals surface area contributed by atoms with Gasteiger partial charge >= 0.3 is 0 Å². The van der Waals surface area contributed by atoms with Crippen LogP contribution in [0, 0.1) is 10.8 Å². The lowest BCUT2D eigenvalue weighted by Gasteiger charge is -2.14. The summed E-state index contributed by atoms with van der Waals surface area (Å²) in [5, 5.41) is 21.0. The van der Waals surface area contributed by atoms with Crippen LogP contribution in [0.25, 0.3) is 0 Å². The van der Waals surface area contributed by atoms with Crippen molar-refractivity contribution in [1.29, 1.82) is 10.8 Å². The minimum absolute atomic E-state index is 0.0437. The van der Waals surface area contributed by atoms with E-state index in [1.54, 1.807) is 24.3 Å². The van der Waals surface area contributed by atoms with E-state index in [1.165, 1.54) is 0 Å². The fourth-order valence-corrected chi connectivity index (χ4v) is 1.58. The number of hydrogen-bond donors (Lipinski definition) is 5. The van der Waals surface area contributed by atoms with E-state index in [-0.39, 0.29) is 18.0 Å². The second-order valence-electron chi connectivity index (χ2n) is 4.78. The standard InChI is InChI=1S/C14H22ClN5O2/c1-10(2)18-13(16)19-14(17)20-22-9-3-8-21-12-6-4-11(15)5-7-12/h4-7,10H,3,8-9H2,1-2H3,(H5,16,17,18,19,20). The molecule has 0 atom stereocenters. The summed E-state index contributed by atoms with van der Waals surface area (Å²) in [6.45, 7) is 4.69. The van der Waals surface area contributed by atoms with Gasteiger partial charge in [0, 0.05) is 17.5 Å². The molecular weight excluding hydrogens is 306 g/mol. The second kappa shape index (κ2) is 9.86. The predicted molar refractivity (Wildman–Crippen MR) is 87.5 cm³/mol. The number of halogens is 1. The van der Waals surface area contributed by atoms with Gasteiger partial charge in [-0.1, -0.05) is 11.6 Å². The number of guanidine groups is 2. The molecule has 1 rings (SSSR count). The molecule has 5 N–H and O–H groups in total. The van der Waals surface area contributed by atoms with E-state index in [0.717, 1.165) is 5.75 Å². The van der Waals surface area contributed by atoms with Crippen LogP contribution >= 0.6 is 11.6 Å². The van der Waals surface area contributed by atoms with Gasteiger partial charge in [0.1, 0.15) is 5.75 Å². The van der Waals surface area contributed by atoms with E-state index in [2.05, 4.69) is 16.1 Å². The third-order valence-electron chi connectivity index (χ3n) is 2.33. The molecule has 0 radical (unpaired) electrons. The van der Waals surface area contributed by atoms with Crippen molar-refractivity contribution in [3.8, 4) is 5.75 Å². The fraction of sp³-hybridized carbons (Fsp3) is 0.429. The van der Waals surface area contributed by atoms with Crippen molar-refractivity contribution < 1.29 is 9.57 Å². The van der Waals surface area contributed by atoms with Crippen molar-refractivity contribution in [3.63, 3.8) is 0 Å². The van der Waals surface area contributed by atoms with E-state index < -0.39 is 0 Å². The van der Waals surface area contributed by atoms with Crippen LogP contribution in [0.1, 0.15) is 20.3 Å². The average molecular weight is 328 g/mol. The summed E-state index contributed by atoms with van der Waals surface area (Å²) in [4.78, 5) is 5.10. The number of rotatable bonds is 7. The highest BCUT2D eigenvalue weighted by Gasteiger charge is 2.01. The summed E-state index contributed by atoms with van der Waals surface area (Å²) in [5.74, 6) is 0.693. The van der Waals surface area contributed by atoms with Crippen molar-refractivity contribution >= 4 is 23.5 Å². The summed E-state index contributed by atoms with van der Waals surface area (Å²) in [6, 6.07) is 7.26. The molecule has 122 valence electrons. The molecule has 0 amide bonds. The molecule has 0 aliphatic heterocycles. The SMILES string of the molecule is CC(C)NC(=N)NC(=N)NOCCCOc1ccc(Cl)cc1. The molecule has 1 aromatic carbocycles. The highest BCUT2D eigenvalue weighted by molar-refractivity contribution is 6.30. The third-order valence-corrected chi connectivity index (χ3v) is 2.58. The summed E-state index contributed by atoms with van der Waals surface area (Å²) >= 11 is 5.78. The zero-order valence-corrected chi connectivity index (χ0v) is 13.5. The molecule has 1 aromatic rings. The minimum Gasteiger partial charge on any atom is -0.494 e. The number of ether oxygens (including phenoxy) is 1. The molecule has 7 nitrogen and oxygen atoms in total. The van der Waals surface area contributed by atoms with Crippen LogP contribution < -0.4 is 20.9 Å². The highest BCUT2D eigenvalue weighted by atomic mass is 35.5. The van der Waals surface area contributed by atoms with E-state index >= 15 is 0 Å². The van der Waals surface area contributed by atoms with Crippen molar-refractivity contribution in [1.82, 2.24) is 16.1 Å². The summed E-state index contributed by atoms with van der Waals surface area (Å²) in [7, 11) is 0. The fourth-order valence-electron chi connectivity index (χ4n) is 1.45. The van der Waals surface area contributed by atoms with Crippen LogP contribution in [0.5, 0.6) is 5.75 Å². The average Bonchev–Trinajstić information content (AvgIpc) is 2.43. The van der Waals surface area contributed by atoms with Crippen LogP contribution in [-0.2, 0) is 4.84 Å². The maximum Gasteiger partial charge on any atom is 0.219 e. The van der Waals surface area contributed by atoms with E-state index in [9.17, 15) is 0 Å². The Kier molecular flexibility index (Phi) is 8.09. The molecule has 0 saturated heterocycles. The Balaban J connectivity index is 2.04. The van der Waals surface area contributed by atoms with Crippen molar-refractivity contribution in [2.75, 3.05) is 13.2 Å². The van der Waals surface area contributed by atoms with Crippen molar-refractivity contribution in [2.24, 2.45) is 0 Å². The zero-order valence-electron chi connectivity index (χ0n) is 12.7. The second-order valence-corrected chi connectivity index (χ2v) is 5.22. The Bertz CT molecular complexity index is 479. The predicted octanol–water partition coefficient (Wildman–Crippen LogP) is 2.09. The molecule has 0 aliphatic rings. The van der Waals surface area contributed by atoms with Crippen LogP contribution in [0.3, 0.4) is 0 Å². The molecule has 0 aromatic heterocycles. The monoisotopic (exact) mass is 327 g/mol. The van der Waals surface area contributed by atoms with E-state index in [1.807, 2.05) is 13.8 Å². The summed E-state index contributed by atoms with van der Waals surface area (Å²) < 4.78 is 5.50. The van der Waals surface area contributed by atoms with Gasteiger partial charge in [-0.25, -0.2) is 5.48 Å². The Labute approximate surface area is 135 Å². The van der Waals surface area contributed by atoms with E-state index in [0.29, 0.717) is 24.7 Å². The number of hydrogen-bond acceptors (Lipinski definition) is 4. The van der Waals surface area contributed by atoms with Gasteiger partial charge in [0.15, 0.2) is 5.96 Å². The smallest absolute Gasteiger partial charge is 0.219 e. The van der Waals surface area contributed by atoms with Crippen molar-refractivity contribution in [3.05, 3.63) is 29.3 Å². The first-order valence-corrected chi connectivity index (χ1v) is 7.32. The van der Waals surface area contributed by atoms with Crippen LogP contribution in [0.4, 0.5) is 0 Å². The Morgan fingerprint density at radius 2 is 1.82 bits per heavy atom. The van der Waals surface area contributed by atoms with Gasteiger partial charge in [-0.3, -0.25) is 21.0 Å². The minimum atomic E-state index is -0.100. The van der Waals surface area contributed by atoms with Crippen LogP contribution in [0.15, 0.2) is 24.3 Å². The number of benzene rings is 1. The Morgan fingerprint density at radius 3 is 2.45 bits per heavy atom. The lowest BCUT2D eigenvalue weighted by molar-refractivity contribution is 0.0725. The highest BCUT2D eigenvalue weighted by Crippen LogP contribution is 2.15. The molecule has 0 spiro atoms. The molecule has 0 unspecified atom stereocenters. The quantitative estimate of drug-likeness (QED) is 0.228. The maximum atomic E-state index is 7.53. The molecular formula is C14H22ClN5O2. The van der Waals surface area contributed by atoms with Crippen molar-refractivity contribution in [2.45, 2.75) is 26.3 Å². The van der Waals surface area contributed by atoms with Gasteiger partial charge in [-0.2, -0.15) is 0 Å². The van der Waals surface area contributed by atoms with Gasteiger partial charge in [-0.15, -0.1) is 0 Å². The maximum absolute atomic E-state index is 7.53. The molecule has 8 heteroatoms. The Hall–Kier alpha value is -1.99. The number of nitrogens with one attached hydrogen (secondary N) is 5. The molecule has 0 heterocycles. The van der Waals surface area contributed by atoms with Crippen LogP contribution in [0.2, 0.25) is 5.02 Å². The van der Waals surface area contributed by atoms with Gasteiger partial charge in [0.25, 0.3) is 0 Å². The largest absolute Gasteiger partial charge is 0.494 e. The summed E-state index contributed by atoms with van der Waals surface area (Å²) in [6.07, 6.45) is 0.657. The lowest BCUT2D eigenvalue weighted by atomic mass is 10.3. The molecule has 0 saturated carbocycles. The molecule has 0 aliphatic carbocycles. The lowest BCUT2D eigenvalue weighted by Crippen LogP contribution is -2.47. The molecule has 22 heavy (non-hydrogen) atoms. The van der Waals surface area contributed by atoms with Gasteiger partial charge in [-0.05, 0) is 38.1 Å². The van der Waals surface area contributed by atoms with E-state index in [4.69, 9.17) is 32.0 Å². The molecule has 0 bridgehead atoms. The third kappa shape index (κ3) is 8.33. The number of hydroxylamine groups is 1.